The Kier molecular flexibility index (Phi) is 4.46. The summed E-state index contributed by atoms with van der Waals surface area (Å²) in [6, 6.07) is 7.95. The summed E-state index contributed by atoms with van der Waals surface area (Å²) in [6.07, 6.45) is 2.98. The predicted molar refractivity (Wildman–Crippen MR) is 78.6 cm³/mol. The Morgan fingerprint density at radius 1 is 1.44 bits per heavy atom. The molecule has 1 aliphatic heterocycles. The van der Waals surface area contributed by atoms with Crippen molar-refractivity contribution in [1.82, 2.24) is 4.90 Å². The van der Waals surface area contributed by atoms with Gasteiger partial charge in [0, 0.05) is 16.6 Å². The number of halogens is 1. The third kappa shape index (κ3) is 3.34. The van der Waals surface area contributed by atoms with Gasteiger partial charge in [-0.05, 0) is 57.4 Å². The van der Waals surface area contributed by atoms with E-state index in [0.29, 0.717) is 5.54 Å². The van der Waals surface area contributed by atoms with E-state index in [0.717, 1.165) is 29.5 Å². The van der Waals surface area contributed by atoms with Crippen LogP contribution in [0.25, 0.3) is 0 Å². The average Bonchev–Trinajstić information content (AvgIpc) is 2.65. The molecule has 2 rings (SSSR count). The maximum absolute atomic E-state index is 10.2. The molecule has 1 atom stereocenters. The number of hydrogen-bond acceptors (Lipinski definition) is 2. The van der Waals surface area contributed by atoms with Crippen LogP contribution in [0.1, 0.15) is 44.8 Å². The Morgan fingerprint density at radius 3 is 2.83 bits per heavy atom. The van der Waals surface area contributed by atoms with Crippen molar-refractivity contribution in [3.63, 3.8) is 0 Å². The van der Waals surface area contributed by atoms with E-state index < -0.39 is 0 Å². The molecule has 100 valence electrons. The summed E-state index contributed by atoms with van der Waals surface area (Å²) < 4.78 is 1.03. The van der Waals surface area contributed by atoms with E-state index in [1.54, 1.807) is 0 Å². The second-order valence-corrected chi connectivity index (χ2v) is 6.68. The predicted octanol–water partition coefficient (Wildman–Crippen LogP) is 3.75. The van der Waals surface area contributed by atoms with Gasteiger partial charge in [0.25, 0.3) is 0 Å². The van der Waals surface area contributed by atoms with E-state index in [2.05, 4.69) is 34.7 Å². The van der Waals surface area contributed by atoms with Crippen LogP contribution < -0.4 is 0 Å². The molecule has 18 heavy (non-hydrogen) atoms. The molecule has 0 spiro atoms. The first kappa shape index (κ1) is 14.0. The highest BCUT2D eigenvalue weighted by Crippen LogP contribution is 2.29. The van der Waals surface area contributed by atoms with Gasteiger partial charge in [-0.2, -0.15) is 0 Å². The highest BCUT2D eigenvalue weighted by Gasteiger charge is 2.31. The molecule has 0 amide bonds. The molecule has 1 saturated heterocycles. The van der Waals surface area contributed by atoms with Gasteiger partial charge in [0.15, 0.2) is 0 Å². The zero-order chi connectivity index (χ0) is 13.2. The molecule has 0 aromatic heterocycles. The maximum atomic E-state index is 10.2. The molecule has 3 heteroatoms. The highest BCUT2D eigenvalue weighted by molar-refractivity contribution is 9.10. The summed E-state index contributed by atoms with van der Waals surface area (Å²) in [5, 5.41) is 10.2. The molecule has 2 nitrogen and oxygen atoms in total. The third-order valence-electron chi connectivity index (χ3n) is 3.98. The second-order valence-electron chi connectivity index (χ2n) is 5.76. The molecule has 0 saturated carbocycles. The minimum atomic E-state index is -0.362. The molecule has 1 heterocycles. The lowest BCUT2D eigenvalue weighted by molar-refractivity contribution is 0.115. The van der Waals surface area contributed by atoms with Crippen molar-refractivity contribution in [3.8, 4) is 0 Å². The largest absolute Gasteiger partial charge is 0.388 e. The molecule has 1 aromatic carbocycles. The van der Waals surface area contributed by atoms with Crippen LogP contribution in [0.2, 0.25) is 0 Å². The Labute approximate surface area is 118 Å². The van der Waals surface area contributed by atoms with Crippen LogP contribution in [0.3, 0.4) is 0 Å². The van der Waals surface area contributed by atoms with Crippen LogP contribution in [0.15, 0.2) is 28.7 Å². The highest BCUT2D eigenvalue weighted by atomic mass is 79.9. The number of rotatable bonds is 4. The Bertz CT molecular complexity index is 405. The summed E-state index contributed by atoms with van der Waals surface area (Å²) >= 11 is 3.44. The zero-order valence-corrected chi connectivity index (χ0v) is 12.8. The normalized spacial score (nSPS) is 21.1. The van der Waals surface area contributed by atoms with E-state index in [1.165, 1.54) is 12.8 Å². The molecule has 1 unspecified atom stereocenters. The molecule has 1 aromatic rings. The summed E-state index contributed by atoms with van der Waals surface area (Å²) in [5.41, 5.74) is 1.30. The van der Waals surface area contributed by atoms with Crippen LogP contribution >= 0.6 is 15.9 Å². The lowest BCUT2D eigenvalue weighted by atomic mass is 10.0. The van der Waals surface area contributed by atoms with E-state index >= 15 is 0 Å². The number of nitrogens with zero attached hydrogens (tertiary/aromatic N) is 1. The van der Waals surface area contributed by atoms with Crippen LogP contribution in [-0.2, 0) is 0 Å². The summed E-state index contributed by atoms with van der Waals surface area (Å²) in [4.78, 5) is 2.49. The molecular weight excluding hydrogens is 290 g/mol. The molecule has 1 aliphatic rings. The topological polar surface area (TPSA) is 23.5 Å². The van der Waals surface area contributed by atoms with Crippen LogP contribution in [0.4, 0.5) is 0 Å². The molecular formula is C15H22BrNO. The number of aliphatic hydroxyl groups excluding tert-OH is 1. The zero-order valence-electron chi connectivity index (χ0n) is 11.2. The first-order valence-electron chi connectivity index (χ1n) is 6.68. The minimum Gasteiger partial charge on any atom is -0.388 e. The van der Waals surface area contributed by atoms with Gasteiger partial charge in [-0.25, -0.2) is 0 Å². The van der Waals surface area contributed by atoms with Crippen molar-refractivity contribution in [2.75, 3.05) is 13.1 Å². The number of aliphatic hydroxyl groups is 1. The first-order chi connectivity index (χ1) is 8.49. The fourth-order valence-corrected chi connectivity index (χ4v) is 3.15. The molecule has 0 aliphatic carbocycles. The lowest BCUT2D eigenvalue weighted by Crippen LogP contribution is -2.39. The first-order valence-corrected chi connectivity index (χ1v) is 7.47. The minimum absolute atomic E-state index is 0.303. The Hall–Kier alpha value is -0.380. The number of hydrogen-bond donors (Lipinski definition) is 1. The number of likely N-dealkylation sites (tertiary alicyclic amines) is 1. The fourth-order valence-electron chi connectivity index (χ4n) is 2.74. The average molecular weight is 312 g/mol. The van der Waals surface area contributed by atoms with Crippen molar-refractivity contribution in [2.45, 2.75) is 44.8 Å². The lowest BCUT2D eigenvalue weighted by Gasteiger charge is -2.32. The van der Waals surface area contributed by atoms with Crippen molar-refractivity contribution in [2.24, 2.45) is 0 Å². The molecule has 1 N–H and O–H groups in total. The second kappa shape index (κ2) is 5.72. The summed E-state index contributed by atoms with van der Waals surface area (Å²) in [7, 11) is 0. The van der Waals surface area contributed by atoms with Crippen LogP contribution in [0.5, 0.6) is 0 Å². The standard InChI is InChI=1S/C15H22BrNO/c1-15(2)8-4-9-17(15)10-7-14(18)12-5-3-6-13(16)11-12/h3,5-6,11,14,18H,4,7-10H2,1-2H3. The van der Waals surface area contributed by atoms with Crippen molar-refractivity contribution >= 4 is 15.9 Å². The summed E-state index contributed by atoms with van der Waals surface area (Å²) in [6.45, 7) is 6.73. The molecule has 0 radical (unpaired) electrons. The Morgan fingerprint density at radius 2 is 2.22 bits per heavy atom. The van der Waals surface area contributed by atoms with Gasteiger partial charge in [0.1, 0.15) is 0 Å². The van der Waals surface area contributed by atoms with E-state index in [4.69, 9.17) is 0 Å². The smallest absolute Gasteiger partial charge is 0.0802 e. The van der Waals surface area contributed by atoms with E-state index in [9.17, 15) is 5.11 Å². The Balaban J connectivity index is 1.90. The third-order valence-corrected chi connectivity index (χ3v) is 4.47. The van der Waals surface area contributed by atoms with Gasteiger partial charge >= 0.3 is 0 Å². The monoisotopic (exact) mass is 311 g/mol. The van der Waals surface area contributed by atoms with E-state index in [1.807, 2.05) is 24.3 Å². The molecule has 1 fully saturated rings. The number of benzene rings is 1. The van der Waals surface area contributed by atoms with Gasteiger partial charge in [-0.1, -0.05) is 28.1 Å². The van der Waals surface area contributed by atoms with Gasteiger partial charge < -0.3 is 5.11 Å². The van der Waals surface area contributed by atoms with Gasteiger partial charge in [-0.15, -0.1) is 0 Å². The van der Waals surface area contributed by atoms with Gasteiger partial charge in [0.05, 0.1) is 6.10 Å². The summed E-state index contributed by atoms with van der Waals surface area (Å²) in [5.74, 6) is 0. The molecule has 0 bridgehead atoms. The maximum Gasteiger partial charge on any atom is 0.0802 e. The van der Waals surface area contributed by atoms with Gasteiger partial charge in [0.2, 0.25) is 0 Å². The van der Waals surface area contributed by atoms with Crippen molar-refractivity contribution in [1.29, 1.82) is 0 Å². The SMILES string of the molecule is CC1(C)CCCN1CCC(O)c1cccc(Br)c1. The van der Waals surface area contributed by atoms with E-state index in [-0.39, 0.29) is 6.10 Å². The van der Waals surface area contributed by atoms with Crippen LogP contribution in [-0.4, -0.2) is 28.6 Å². The van der Waals surface area contributed by atoms with Crippen molar-refractivity contribution in [3.05, 3.63) is 34.3 Å². The van der Waals surface area contributed by atoms with Gasteiger partial charge in [-0.3, -0.25) is 4.90 Å². The quantitative estimate of drug-likeness (QED) is 0.915. The van der Waals surface area contributed by atoms with Crippen molar-refractivity contribution < 1.29 is 5.11 Å². The van der Waals surface area contributed by atoms with Crippen LogP contribution in [0, 0.1) is 0 Å². The fraction of sp³-hybridized carbons (Fsp3) is 0.600.